The van der Waals surface area contributed by atoms with E-state index in [9.17, 15) is 13.2 Å². The first-order valence-electron chi connectivity index (χ1n) is 7.54. The molecule has 0 bridgehead atoms. The van der Waals surface area contributed by atoms with Crippen molar-refractivity contribution >= 4 is 5.95 Å². The summed E-state index contributed by atoms with van der Waals surface area (Å²) in [7, 11) is 0. The maximum Gasteiger partial charge on any atom is 0.314 e. The average Bonchev–Trinajstić information content (AvgIpc) is 3.20. The lowest BCUT2D eigenvalue weighted by molar-refractivity contribution is 0.116. The number of alkyl halides is 2. The van der Waals surface area contributed by atoms with Gasteiger partial charge in [0.15, 0.2) is 0 Å². The van der Waals surface area contributed by atoms with Gasteiger partial charge in [0.25, 0.3) is 11.8 Å². The average molecular weight is 347 g/mol. The lowest BCUT2D eigenvalue weighted by Gasteiger charge is -2.18. The molecular weight excluding hydrogens is 335 g/mol. The molecule has 1 aromatic carbocycles. The van der Waals surface area contributed by atoms with E-state index >= 15 is 0 Å². The van der Waals surface area contributed by atoms with Gasteiger partial charge in [0, 0.05) is 18.0 Å². The second kappa shape index (κ2) is 5.83. The van der Waals surface area contributed by atoms with Crippen molar-refractivity contribution in [3.05, 3.63) is 53.9 Å². The van der Waals surface area contributed by atoms with Crippen molar-refractivity contribution in [3.8, 4) is 11.5 Å². The van der Waals surface area contributed by atoms with E-state index in [0.717, 1.165) is 12.8 Å². The number of rotatable bonds is 5. The van der Waals surface area contributed by atoms with Gasteiger partial charge in [-0.1, -0.05) is 18.2 Å². The molecule has 1 saturated carbocycles. The molecule has 1 aliphatic carbocycles. The molecule has 9 heteroatoms. The van der Waals surface area contributed by atoms with Crippen LogP contribution in [-0.4, -0.2) is 20.2 Å². The second-order valence-electron chi connectivity index (χ2n) is 5.73. The molecule has 25 heavy (non-hydrogen) atoms. The minimum absolute atomic E-state index is 0.0860. The number of aromatic nitrogens is 4. The molecule has 0 amide bonds. The van der Waals surface area contributed by atoms with Crippen LogP contribution >= 0.6 is 0 Å². The van der Waals surface area contributed by atoms with Gasteiger partial charge < -0.3 is 9.73 Å². The Kier molecular flexibility index (Phi) is 3.63. The first-order valence-corrected chi connectivity index (χ1v) is 7.54. The van der Waals surface area contributed by atoms with Crippen LogP contribution in [0, 0.1) is 5.82 Å². The number of anilines is 1. The molecule has 1 N–H and O–H groups in total. The highest BCUT2D eigenvalue weighted by atomic mass is 19.3. The second-order valence-corrected chi connectivity index (χ2v) is 5.73. The van der Waals surface area contributed by atoms with Gasteiger partial charge in [-0.3, -0.25) is 0 Å². The van der Waals surface area contributed by atoms with Gasteiger partial charge in [-0.15, -0.1) is 10.2 Å². The van der Waals surface area contributed by atoms with Gasteiger partial charge >= 0.3 is 6.43 Å². The van der Waals surface area contributed by atoms with Gasteiger partial charge in [-0.25, -0.2) is 14.4 Å². The Hall–Kier alpha value is -2.97. The van der Waals surface area contributed by atoms with Gasteiger partial charge in [0.1, 0.15) is 5.82 Å². The SMILES string of the molecule is Fc1ccccc1C1(Nc2ncc(-c3nnc(C(F)F)o3)cn2)CC1. The predicted molar refractivity (Wildman–Crippen MR) is 81.2 cm³/mol. The fraction of sp³-hybridized carbons (Fsp3) is 0.250. The number of nitrogens with zero attached hydrogens (tertiary/aromatic N) is 4. The lowest BCUT2D eigenvalue weighted by Crippen LogP contribution is -2.21. The third kappa shape index (κ3) is 2.92. The number of hydrogen-bond acceptors (Lipinski definition) is 6. The number of benzene rings is 1. The van der Waals surface area contributed by atoms with Gasteiger partial charge in [0.2, 0.25) is 5.95 Å². The Morgan fingerprint density at radius 3 is 2.40 bits per heavy atom. The van der Waals surface area contributed by atoms with E-state index in [1.807, 2.05) is 0 Å². The molecule has 1 aliphatic rings. The Labute approximate surface area is 140 Å². The monoisotopic (exact) mass is 347 g/mol. The molecule has 0 aliphatic heterocycles. The van der Waals surface area contributed by atoms with Crippen LogP contribution < -0.4 is 5.32 Å². The topological polar surface area (TPSA) is 76.7 Å². The van der Waals surface area contributed by atoms with E-state index in [-0.39, 0.29) is 11.7 Å². The summed E-state index contributed by atoms with van der Waals surface area (Å²) in [6.45, 7) is 0. The van der Waals surface area contributed by atoms with Crippen molar-refractivity contribution in [1.29, 1.82) is 0 Å². The smallest absolute Gasteiger partial charge is 0.314 e. The van der Waals surface area contributed by atoms with Crippen LogP contribution in [0.2, 0.25) is 0 Å². The highest BCUT2D eigenvalue weighted by Gasteiger charge is 2.46. The number of hydrogen-bond donors (Lipinski definition) is 1. The zero-order valence-electron chi connectivity index (χ0n) is 12.8. The minimum Gasteiger partial charge on any atom is -0.415 e. The summed E-state index contributed by atoms with van der Waals surface area (Å²) in [6.07, 6.45) is 1.46. The maximum absolute atomic E-state index is 14.0. The van der Waals surface area contributed by atoms with Crippen molar-refractivity contribution in [3.63, 3.8) is 0 Å². The molecule has 2 heterocycles. The first kappa shape index (κ1) is 15.6. The van der Waals surface area contributed by atoms with E-state index in [0.29, 0.717) is 17.1 Å². The van der Waals surface area contributed by atoms with Gasteiger partial charge in [0.05, 0.1) is 11.1 Å². The minimum atomic E-state index is -2.83. The molecule has 0 saturated heterocycles. The molecule has 0 radical (unpaired) electrons. The van der Waals surface area contributed by atoms with Crippen molar-refractivity contribution in [1.82, 2.24) is 20.2 Å². The van der Waals surface area contributed by atoms with Crippen LogP contribution in [0.5, 0.6) is 0 Å². The fourth-order valence-electron chi connectivity index (χ4n) is 2.59. The normalized spacial score (nSPS) is 15.4. The summed E-state index contributed by atoms with van der Waals surface area (Å²) in [6, 6.07) is 6.56. The summed E-state index contributed by atoms with van der Waals surface area (Å²) in [5.74, 6) is -0.821. The van der Waals surface area contributed by atoms with E-state index in [1.165, 1.54) is 18.5 Å². The summed E-state index contributed by atoms with van der Waals surface area (Å²) in [5.41, 5.74) is 0.377. The predicted octanol–water partition coefficient (Wildman–Crippen LogP) is 3.70. The van der Waals surface area contributed by atoms with Crippen LogP contribution in [0.4, 0.5) is 19.1 Å². The summed E-state index contributed by atoms with van der Waals surface area (Å²) >= 11 is 0. The highest BCUT2D eigenvalue weighted by molar-refractivity contribution is 5.51. The van der Waals surface area contributed by atoms with E-state index < -0.39 is 17.9 Å². The third-order valence-electron chi connectivity index (χ3n) is 4.02. The zero-order chi connectivity index (χ0) is 17.4. The number of nitrogens with one attached hydrogen (secondary N) is 1. The molecule has 0 unspecified atom stereocenters. The summed E-state index contributed by atoms with van der Waals surface area (Å²) in [5, 5.41) is 9.93. The largest absolute Gasteiger partial charge is 0.415 e. The van der Waals surface area contributed by atoms with Crippen molar-refractivity contribution in [2.75, 3.05) is 5.32 Å². The molecular formula is C16H12F3N5O. The van der Waals surface area contributed by atoms with Crippen molar-refractivity contribution in [2.24, 2.45) is 0 Å². The molecule has 0 spiro atoms. The maximum atomic E-state index is 14.0. The Bertz CT molecular complexity index is 893. The zero-order valence-corrected chi connectivity index (χ0v) is 12.8. The lowest BCUT2D eigenvalue weighted by atomic mass is 10.0. The molecule has 1 fully saturated rings. The molecule has 0 atom stereocenters. The number of halogens is 3. The van der Waals surface area contributed by atoms with Crippen LogP contribution in [0.1, 0.15) is 30.7 Å². The van der Waals surface area contributed by atoms with E-state index in [4.69, 9.17) is 4.42 Å². The Balaban J connectivity index is 1.54. The quantitative estimate of drug-likeness (QED) is 0.758. The van der Waals surface area contributed by atoms with Crippen molar-refractivity contribution < 1.29 is 17.6 Å². The fourth-order valence-corrected chi connectivity index (χ4v) is 2.59. The Morgan fingerprint density at radius 1 is 1.08 bits per heavy atom. The van der Waals surface area contributed by atoms with Crippen LogP contribution in [-0.2, 0) is 5.54 Å². The standard InChI is InChI=1S/C16H12F3N5O/c17-11-4-2-1-3-10(11)16(5-6-16)22-15-20-7-9(8-21-15)13-23-24-14(25-13)12(18)19/h1-4,7-8,12H,5-6H2,(H,20,21,22). The Morgan fingerprint density at radius 2 is 1.80 bits per heavy atom. The summed E-state index contributed by atoms with van der Waals surface area (Å²) < 4.78 is 43.8. The van der Waals surface area contributed by atoms with Crippen molar-refractivity contribution in [2.45, 2.75) is 24.8 Å². The molecule has 3 aromatic rings. The highest BCUT2D eigenvalue weighted by Crippen LogP contribution is 2.48. The van der Waals surface area contributed by atoms with E-state index in [2.05, 4.69) is 25.5 Å². The van der Waals surface area contributed by atoms with Crippen LogP contribution in [0.25, 0.3) is 11.5 Å². The van der Waals surface area contributed by atoms with Crippen LogP contribution in [0.15, 0.2) is 41.1 Å². The molecule has 6 nitrogen and oxygen atoms in total. The molecule has 2 aromatic heterocycles. The van der Waals surface area contributed by atoms with Crippen LogP contribution in [0.3, 0.4) is 0 Å². The first-order chi connectivity index (χ1) is 12.1. The van der Waals surface area contributed by atoms with E-state index in [1.54, 1.807) is 18.2 Å². The molecule has 4 rings (SSSR count). The van der Waals surface area contributed by atoms with Gasteiger partial charge in [-0.2, -0.15) is 8.78 Å². The third-order valence-corrected chi connectivity index (χ3v) is 4.02. The molecule has 128 valence electrons. The van der Waals surface area contributed by atoms with Gasteiger partial charge in [-0.05, 0) is 18.9 Å². The summed E-state index contributed by atoms with van der Waals surface area (Å²) in [4.78, 5) is 8.26.